The summed E-state index contributed by atoms with van der Waals surface area (Å²) in [6, 6.07) is 0. The van der Waals surface area contributed by atoms with Gasteiger partial charge in [-0.2, -0.15) is 0 Å². The molecule has 52 heavy (non-hydrogen) atoms. The van der Waals surface area contributed by atoms with Crippen molar-refractivity contribution in [3.63, 3.8) is 0 Å². The van der Waals surface area contributed by atoms with Crippen molar-refractivity contribution in [3.05, 3.63) is 24.3 Å². The monoisotopic (exact) mass is 731 g/mol. The van der Waals surface area contributed by atoms with Gasteiger partial charge in [0.15, 0.2) is 0 Å². The Hall–Kier alpha value is -1.50. The largest absolute Gasteiger partial charge is 0.330 e. The van der Waals surface area contributed by atoms with Crippen molar-refractivity contribution >= 4 is 11.8 Å². The minimum atomic E-state index is 0.0407. The van der Waals surface area contributed by atoms with Crippen molar-refractivity contribution in [2.24, 2.45) is 5.73 Å². The number of hydrogen-bond donors (Lipinski definition) is 3. The molecule has 0 bridgehead atoms. The molecule has 6 nitrogen and oxygen atoms in total. The molecule has 0 atom stereocenters. The fourth-order valence-corrected chi connectivity index (χ4v) is 6.69. The molecule has 0 saturated heterocycles. The van der Waals surface area contributed by atoms with Gasteiger partial charge in [0.1, 0.15) is 0 Å². The molecule has 0 aliphatic carbocycles. The first kappa shape index (κ1) is 50.5. The molecule has 0 spiro atoms. The lowest BCUT2D eigenvalue weighted by molar-refractivity contribution is -0.145. The molecular weight excluding hydrogens is 641 g/mol. The van der Waals surface area contributed by atoms with Crippen LogP contribution in [0.2, 0.25) is 0 Å². The summed E-state index contributed by atoms with van der Waals surface area (Å²) < 4.78 is 0. The number of amides is 2. The Morgan fingerprint density at radius 3 is 1.13 bits per heavy atom. The van der Waals surface area contributed by atoms with Gasteiger partial charge < -0.3 is 16.4 Å². The molecule has 0 heterocycles. The first-order chi connectivity index (χ1) is 25.7. The molecule has 0 aromatic heterocycles. The van der Waals surface area contributed by atoms with E-state index in [-0.39, 0.29) is 11.8 Å². The highest BCUT2D eigenvalue weighted by Gasteiger charge is 2.20. The van der Waals surface area contributed by atoms with E-state index >= 15 is 0 Å². The molecule has 0 aliphatic rings. The minimum Gasteiger partial charge on any atom is -0.330 e. The maximum atomic E-state index is 13.2. The second kappa shape index (κ2) is 43.9. The number of carbonyl (C=O) groups excluding carboxylic acids is 2. The van der Waals surface area contributed by atoms with Crippen LogP contribution < -0.4 is 16.4 Å². The van der Waals surface area contributed by atoms with E-state index < -0.39 is 0 Å². The van der Waals surface area contributed by atoms with Crippen LogP contribution in [0.3, 0.4) is 0 Å². The number of allylic oxidation sites excluding steroid dienone is 4. The van der Waals surface area contributed by atoms with Gasteiger partial charge in [-0.15, -0.1) is 0 Å². The Balaban J connectivity index is 4.26. The van der Waals surface area contributed by atoms with Crippen LogP contribution in [-0.4, -0.2) is 56.0 Å². The van der Waals surface area contributed by atoms with Crippen LogP contribution in [0.5, 0.6) is 0 Å². The van der Waals surface area contributed by atoms with Crippen LogP contribution in [-0.2, 0) is 9.59 Å². The van der Waals surface area contributed by atoms with E-state index in [0.29, 0.717) is 19.4 Å². The smallest absolute Gasteiger partial charge is 0.229 e. The van der Waals surface area contributed by atoms with Gasteiger partial charge >= 0.3 is 0 Å². The van der Waals surface area contributed by atoms with Crippen molar-refractivity contribution in [3.8, 4) is 0 Å². The highest BCUT2D eigenvalue weighted by molar-refractivity contribution is 5.95. The minimum absolute atomic E-state index is 0.0407. The first-order valence-electron chi connectivity index (χ1n) is 22.9. The van der Waals surface area contributed by atoms with Gasteiger partial charge in [-0.3, -0.25) is 14.5 Å². The predicted molar refractivity (Wildman–Crippen MR) is 229 cm³/mol. The summed E-state index contributed by atoms with van der Waals surface area (Å²) in [6.07, 6.45) is 47.0. The van der Waals surface area contributed by atoms with Gasteiger partial charge in [0.05, 0.1) is 0 Å². The van der Waals surface area contributed by atoms with Gasteiger partial charge in [0.25, 0.3) is 0 Å². The summed E-state index contributed by atoms with van der Waals surface area (Å²) >= 11 is 0. The SMILES string of the molecule is CCCCCCCC/C=C\CCCCCCCC(=O)N(CCCNCCCCNCCCN)C(=O)CCCCCCC/C=C\CCCCCCCC. The Morgan fingerprint density at radius 1 is 0.423 bits per heavy atom. The quantitative estimate of drug-likeness (QED) is 0.0430. The van der Waals surface area contributed by atoms with Crippen LogP contribution in [0.1, 0.15) is 219 Å². The lowest BCUT2D eigenvalue weighted by atomic mass is 10.1. The summed E-state index contributed by atoms with van der Waals surface area (Å²) in [5.41, 5.74) is 5.55. The van der Waals surface area contributed by atoms with Gasteiger partial charge in [0.2, 0.25) is 11.8 Å². The Kier molecular flexibility index (Phi) is 42.6. The molecule has 0 aliphatic heterocycles. The Bertz CT molecular complexity index is 747. The van der Waals surface area contributed by atoms with E-state index in [1.165, 1.54) is 141 Å². The zero-order valence-corrected chi connectivity index (χ0v) is 35.0. The van der Waals surface area contributed by atoms with E-state index in [9.17, 15) is 9.59 Å². The molecule has 4 N–H and O–H groups in total. The summed E-state index contributed by atoms with van der Waals surface area (Å²) in [4.78, 5) is 28.1. The third-order valence-corrected chi connectivity index (χ3v) is 10.2. The zero-order chi connectivity index (χ0) is 37.8. The van der Waals surface area contributed by atoms with Crippen molar-refractivity contribution in [1.82, 2.24) is 15.5 Å². The Labute approximate surface area is 324 Å². The third-order valence-electron chi connectivity index (χ3n) is 10.2. The lowest BCUT2D eigenvalue weighted by Crippen LogP contribution is -2.38. The van der Waals surface area contributed by atoms with Gasteiger partial charge in [-0.05, 0) is 123 Å². The maximum Gasteiger partial charge on any atom is 0.229 e. The van der Waals surface area contributed by atoms with Crippen LogP contribution >= 0.6 is 0 Å². The van der Waals surface area contributed by atoms with Crippen LogP contribution in [0.25, 0.3) is 0 Å². The topological polar surface area (TPSA) is 87.5 Å². The van der Waals surface area contributed by atoms with E-state index in [4.69, 9.17) is 5.73 Å². The van der Waals surface area contributed by atoms with Crippen molar-refractivity contribution < 1.29 is 9.59 Å². The number of hydrogen-bond acceptors (Lipinski definition) is 5. The molecular formula is C46H90N4O2. The van der Waals surface area contributed by atoms with E-state index in [1.807, 2.05) is 0 Å². The molecule has 2 amide bonds. The molecule has 6 heteroatoms. The number of nitrogens with one attached hydrogen (secondary N) is 2. The summed E-state index contributed by atoms with van der Waals surface area (Å²) in [7, 11) is 0. The standard InChI is InChI=1S/C46H90N4O2/c1-3-5-7-9-11-13-15-17-19-21-23-25-27-29-31-37-45(51)50(44-36-43-49-41-34-33-40-48-42-35-39-47)46(52)38-32-30-28-26-24-22-20-18-16-14-12-10-8-6-4-2/h17-20,48-49H,3-16,21-44,47H2,1-2H3/b19-17-,20-18-. The number of unbranched alkanes of at least 4 members (excludes halogenated alkanes) is 23. The fraction of sp³-hybridized carbons (Fsp3) is 0.870. The molecule has 0 radical (unpaired) electrons. The number of imide groups is 1. The highest BCUT2D eigenvalue weighted by atomic mass is 16.2. The maximum absolute atomic E-state index is 13.2. The number of nitrogens with two attached hydrogens (primary N) is 1. The van der Waals surface area contributed by atoms with Gasteiger partial charge in [-0.25, -0.2) is 0 Å². The Morgan fingerprint density at radius 2 is 0.750 bits per heavy atom. The third kappa shape index (κ3) is 38.2. The summed E-state index contributed by atoms with van der Waals surface area (Å²) in [6.45, 7) is 9.68. The average Bonchev–Trinajstić information content (AvgIpc) is 3.15. The van der Waals surface area contributed by atoms with E-state index in [1.54, 1.807) is 4.90 Å². The fourth-order valence-electron chi connectivity index (χ4n) is 6.69. The van der Waals surface area contributed by atoms with Crippen molar-refractivity contribution in [2.75, 3.05) is 39.3 Å². The first-order valence-corrected chi connectivity index (χ1v) is 22.9. The van der Waals surface area contributed by atoms with E-state index in [0.717, 1.165) is 84.1 Å². The second-order valence-corrected chi connectivity index (χ2v) is 15.3. The van der Waals surface area contributed by atoms with Crippen LogP contribution in [0.4, 0.5) is 0 Å². The van der Waals surface area contributed by atoms with Gasteiger partial charge in [-0.1, -0.05) is 141 Å². The molecule has 0 unspecified atom stereocenters. The van der Waals surface area contributed by atoms with Crippen LogP contribution in [0.15, 0.2) is 24.3 Å². The molecule has 0 saturated carbocycles. The van der Waals surface area contributed by atoms with Crippen molar-refractivity contribution in [2.45, 2.75) is 219 Å². The lowest BCUT2D eigenvalue weighted by Gasteiger charge is -2.21. The summed E-state index contributed by atoms with van der Waals surface area (Å²) in [5.74, 6) is 0.0813. The highest BCUT2D eigenvalue weighted by Crippen LogP contribution is 2.14. The van der Waals surface area contributed by atoms with Crippen LogP contribution in [0, 0.1) is 0 Å². The molecule has 0 rings (SSSR count). The average molecular weight is 731 g/mol. The second-order valence-electron chi connectivity index (χ2n) is 15.3. The zero-order valence-electron chi connectivity index (χ0n) is 35.0. The van der Waals surface area contributed by atoms with Crippen molar-refractivity contribution in [1.29, 1.82) is 0 Å². The molecule has 0 aromatic carbocycles. The molecule has 0 aromatic rings. The number of carbonyl (C=O) groups is 2. The molecule has 306 valence electrons. The number of rotatable bonds is 42. The predicted octanol–water partition coefficient (Wildman–Crippen LogP) is 12.1. The molecule has 0 fully saturated rings. The normalized spacial score (nSPS) is 11.8. The van der Waals surface area contributed by atoms with E-state index in [2.05, 4.69) is 48.8 Å². The summed E-state index contributed by atoms with van der Waals surface area (Å²) in [5, 5.41) is 6.94. The van der Waals surface area contributed by atoms with Gasteiger partial charge in [0, 0.05) is 19.4 Å². The number of nitrogens with zero attached hydrogens (tertiary/aromatic N) is 1.